The highest BCUT2D eigenvalue weighted by molar-refractivity contribution is 7.92. The molecule has 0 saturated heterocycles. The Morgan fingerprint density at radius 3 is 2.50 bits per heavy atom. The fourth-order valence-electron chi connectivity index (χ4n) is 2.08. The molecule has 0 aliphatic heterocycles. The van der Waals surface area contributed by atoms with Gasteiger partial charge >= 0.3 is 0 Å². The third kappa shape index (κ3) is 3.25. The van der Waals surface area contributed by atoms with Gasteiger partial charge < -0.3 is 0 Å². The van der Waals surface area contributed by atoms with Crippen LogP contribution < -0.4 is 4.72 Å². The Bertz CT molecular complexity index is 816. The van der Waals surface area contributed by atoms with Crippen LogP contribution in [-0.2, 0) is 16.4 Å². The highest BCUT2D eigenvalue weighted by Crippen LogP contribution is 2.25. The molecule has 7 heteroatoms. The molecule has 0 atom stereocenters. The minimum Gasteiger partial charge on any atom is -0.279 e. The van der Waals surface area contributed by atoms with Gasteiger partial charge in [0.2, 0.25) is 0 Å². The third-order valence-electron chi connectivity index (χ3n) is 3.33. The number of hydrogen-bond acceptors (Lipinski definition) is 4. The van der Waals surface area contributed by atoms with E-state index in [-0.39, 0.29) is 10.6 Å². The van der Waals surface area contributed by atoms with E-state index >= 15 is 0 Å². The quantitative estimate of drug-likeness (QED) is 0.676. The maximum atomic E-state index is 12.4. The fraction of sp³-hybridized carbons (Fsp3) is 0.200. The molecule has 2 rings (SSSR count). The van der Waals surface area contributed by atoms with E-state index in [0.717, 1.165) is 11.6 Å². The van der Waals surface area contributed by atoms with E-state index in [9.17, 15) is 18.5 Å². The Morgan fingerprint density at radius 1 is 1.18 bits per heavy atom. The molecule has 2 aromatic carbocycles. The van der Waals surface area contributed by atoms with Crippen LogP contribution in [0.3, 0.4) is 0 Å². The van der Waals surface area contributed by atoms with Crippen LogP contribution in [0.25, 0.3) is 0 Å². The smallest absolute Gasteiger partial charge is 0.273 e. The second-order valence-electron chi connectivity index (χ2n) is 4.82. The molecular formula is C15H16N2O4S. The van der Waals surface area contributed by atoms with Gasteiger partial charge in [-0.2, -0.15) is 0 Å². The predicted molar refractivity (Wildman–Crippen MR) is 84.5 cm³/mol. The summed E-state index contributed by atoms with van der Waals surface area (Å²) < 4.78 is 27.3. The first kappa shape index (κ1) is 16.0. The number of para-hydroxylation sites is 1. The van der Waals surface area contributed by atoms with Crippen LogP contribution in [0.4, 0.5) is 11.4 Å². The normalized spacial score (nSPS) is 11.2. The molecule has 2 aromatic rings. The minimum absolute atomic E-state index is 0.129. The van der Waals surface area contributed by atoms with Crippen LogP contribution in [0.1, 0.15) is 18.1 Å². The molecule has 0 saturated carbocycles. The van der Waals surface area contributed by atoms with Crippen molar-refractivity contribution in [3.8, 4) is 0 Å². The summed E-state index contributed by atoms with van der Waals surface area (Å²) in [6, 6.07) is 10.9. The SMILES string of the molecule is CCc1ccccc1NS(=O)(=O)c1ccc(C)c([N+](=O)[O-])c1. The lowest BCUT2D eigenvalue weighted by atomic mass is 10.1. The van der Waals surface area contributed by atoms with Gasteiger partial charge in [0.05, 0.1) is 15.5 Å². The number of nitrogens with one attached hydrogen (secondary N) is 1. The van der Waals surface area contributed by atoms with E-state index in [1.807, 2.05) is 19.1 Å². The lowest BCUT2D eigenvalue weighted by molar-refractivity contribution is -0.385. The topological polar surface area (TPSA) is 89.3 Å². The summed E-state index contributed by atoms with van der Waals surface area (Å²) in [4.78, 5) is 10.2. The molecule has 1 N–H and O–H groups in total. The second kappa shape index (κ2) is 6.15. The van der Waals surface area contributed by atoms with Gasteiger partial charge in [0, 0.05) is 11.6 Å². The number of anilines is 1. The Kier molecular flexibility index (Phi) is 4.46. The Balaban J connectivity index is 2.43. The summed E-state index contributed by atoms with van der Waals surface area (Å²) in [6.07, 6.45) is 0.673. The zero-order chi connectivity index (χ0) is 16.3. The van der Waals surface area contributed by atoms with Crippen molar-refractivity contribution in [2.24, 2.45) is 0 Å². The first-order chi connectivity index (χ1) is 10.3. The molecule has 0 aromatic heterocycles. The highest BCUT2D eigenvalue weighted by atomic mass is 32.2. The Morgan fingerprint density at radius 2 is 1.86 bits per heavy atom. The molecule has 0 fully saturated rings. The van der Waals surface area contributed by atoms with E-state index in [0.29, 0.717) is 17.7 Å². The van der Waals surface area contributed by atoms with Crippen LogP contribution in [-0.4, -0.2) is 13.3 Å². The van der Waals surface area contributed by atoms with E-state index in [1.54, 1.807) is 19.1 Å². The van der Waals surface area contributed by atoms with Crippen LogP contribution in [0, 0.1) is 17.0 Å². The number of nitro benzene ring substituents is 1. The van der Waals surface area contributed by atoms with E-state index in [2.05, 4.69) is 4.72 Å². The van der Waals surface area contributed by atoms with Crippen molar-refractivity contribution in [3.63, 3.8) is 0 Å². The standard InChI is InChI=1S/C15H16N2O4S/c1-3-12-6-4-5-7-14(12)16-22(20,21)13-9-8-11(2)15(10-13)17(18)19/h4-10,16H,3H2,1-2H3. The monoisotopic (exact) mass is 320 g/mol. The van der Waals surface area contributed by atoms with Crippen molar-refractivity contribution in [1.29, 1.82) is 0 Å². The summed E-state index contributed by atoms with van der Waals surface area (Å²) >= 11 is 0. The van der Waals surface area contributed by atoms with E-state index in [1.165, 1.54) is 12.1 Å². The number of nitrogens with zero attached hydrogens (tertiary/aromatic N) is 1. The van der Waals surface area contributed by atoms with Gasteiger partial charge in [-0.25, -0.2) is 8.42 Å². The van der Waals surface area contributed by atoms with E-state index in [4.69, 9.17) is 0 Å². The molecule has 0 aliphatic rings. The number of rotatable bonds is 5. The average Bonchev–Trinajstić information content (AvgIpc) is 2.47. The summed E-state index contributed by atoms with van der Waals surface area (Å²) in [6.45, 7) is 3.48. The Labute approximate surface area is 129 Å². The zero-order valence-electron chi connectivity index (χ0n) is 12.2. The van der Waals surface area contributed by atoms with Crippen molar-refractivity contribution in [2.45, 2.75) is 25.2 Å². The Hall–Kier alpha value is -2.41. The van der Waals surface area contributed by atoms with Crippen LogP contribution in [0.15, 0.2) is 47.4 Å². The molecule has 0 amide bonds. The molecule has 116 valence electrons. The van der Waals surface area contributed by atoms with Crippen molar-refractivity contribution < 1.29 is 13.3 Å². The van der Waals surface area contributed by atoms with Gasteiger partial charge in [0.1, 0.15) is 0 Å². The maximum Gasteiger partial charge on any atom is 0.273 e. The number of aryl methyl sites for hydroxylation is 2. The summed E-state index contributed by atoms with van der Waals surface area (Å²) in [5.74, 6) is 0. The summed E-state index contributed by atoms with van der Waals surface area (Å²) in [5, 5.41) is 11.0. The third-order valence-corrected chi connectivity index (χ3v) is 4.69. The molecular weight excluding hydrogens is 304 g/mol. The number of benzene rings is 2. The van der Waals surface area contributed by atoms with Gasteiger partial charge in [0.25, 0.3) is 15.7 Å². The zero-order valence-corrected chi connectivity index (χ0v) is 13.1. The lowest BCUT2D eigenvalue weighted by Crippen LogP contribution is -2.14. The van der Waals surface area contributed by atoms with Gasteiger partial charge in [-0.3, -0.25) is 14.8 Å². The fourth-order valence-corrected chi connectivity index (χ4v) is 3.21. The molecule has 0 spiro atoms. The molecule has 0 radical (unpaired) electrons. The molecule has 0 aliphatic carbocycles. The van der Waals surface area contributed by atoms with Gasteiger partial charge in [0.15, 0.2) is 0 Å². The molecule has 6 nitrogen and oxygen atoms in total. The second-order valence-corrected chi connectivity index (χ2v) is 6.50. The first-order valence-electron chi connectivity index (χ1n) is 6.71. The van der Waals surface area contributed by atoms with Gasteiger partial charge in [-0.15, -0.1) is 0 Å². The van der Waals surface area contributed by atoms with Gasteiger partial charge in [-0.1, -0.05) is 31.2 Å². The van der Waals surface area contributed by atoms with Crippen LogP contribution in [0.5, 0.6) is 0 Å². The van der Waals surface area contributed by atoms with E-state index < -0.39 is 14.9 Å². The van der Waals surface area contributed by atoms with Crippen LogP contribution >= 0.6 is 0 Å². The molecule has 22 heavy (non-hydrogen) atoms. The summed E-state index contributed by atoms with van der Waals surface area (Å²) in [5.41, 5.74) is 1.53. The predicted octanol–water partition coefficient (Wildman–Crippen LogP) is 3.27. The average molecular weight is 320 g/mol. The van der Waals surface area contributed by atoms with Crippen molar-refractivity contribution in [2.75, 3.05) is 4.72 Å². The van der Waals surface area contributed by atoms with Crippen molar-refractivity contribution in [3.05, 3.63) is 63.7 Å². The van der Waals surface area contributed by atoms with Crippen molar-refractivity contribution in [1.82, 2.24) is 0 Å². The van der Waals surface area contributed by atoms with Crippen molar-refractivity contribution >= 4 is 21.4 Å². The lowest BCUT2D eigenvalue weighted by Gasteiger charge is -2.11. The maximum absolute atomic E-state index is 12.4. The van der Waals surface area contributed by atoms with Crippen LogP contribution in [0.2, 0.25) is 0 Å². The number of nitro groups is 1. The number of hydrogen-bond donors (Lipinski definition) is 1. The van der Waals surface area contributed by atoms with Gasteiger partial charge in [-0.05, 0) is 31.0 Å². The number of sulfonamides is 1. The largest absolute Gasteiger partial charge is 0.279 e. The molecule has 0 heterocycles. The summed E-state index contributed by atoms with van der Waals surface area (Å²) in [7, 11) is -3.87. The first-order valence-corrected chi connectivity index (χ1v) is 8.19. The molecule has 0 bridgehead atoms. The highest BCUT2D eigenvalue weighted by Gasteiger charge is 2.20. The molecule has 0 unspecified atom stereocenters. The minimum atomic E-state index is -3.87.